The Hall–Kier alpha value is -4.51. The lowest BCUT2D eigenvalue weighted by molar-refractivity contribution is -0.119. The number of halogens is 1. The van der Waals surface area contributed by atoms with Crippen molar-refractivity contribution in [3.8, 4) is 0 Å². The highest BCUT2D eigenvalue weighted by atomic mass is 19.1. The minimum atomic E-state index is -0.534. The van der Waals surface area contributed by atoms with Crippen LogP contribution in [0.1, 0.15) is 40.9 Å². The number of nitrogens with one attached hydrogen (secondary N) is 2. The van der Waals surface area contributed by atoms with Crippen LogP contribution < -0.4 is 21.1 Å². The number of aromatic nitrogens is 1. The molecule has 0 radical (unpaired) electrons. The number of aryl methyl sites for hydroxylation is 2. The third kappa shape index (κ3) is 8.51. The predicted octanol–water partition coefficient (Wildman–Crippen LogP) is 4.26. The summed E-state index contributed by atoms with van der Waals surface area (Å²) in [5.41, 5.74) is 2.16. The minimum Gasteiger partial charge on any atom is -0.355 e. The third-order valence-corrected chi connectivity index (χ3v) is 6.93. The summed E-state index contributed by atoms with van der Waals surface area (Å²) >= 11 is 0. The molecule has 1 fully saturated rings. The van der Waals surface area contributed by atoms with Gasteiger partial charge in [-0.2, -0.15) is 0 Å². The maximum absolute atomic E-state index is 14.6. The number of anilines is 4. The zero-order valence-electron chi connectivity index (χ0n) is 26.3. The van der Waals surface area contributed by atoms with Crippen LogP contribution in [0.3, 0.4) is 0 Å². The fraction of sp³-hybridized carbons (Fsp3) is 0.375. The van der Waals surface area contributed by atoms with E-state index in [2.05, 4.69) is 22.6 Å². The Morgan fingerprint density at radius 3 is 2.12 bits per heavy atom. The first-order chi connectivity index (χ1) is 20.5. The first-order valence-corrected chi connectivity index (χ1v) is 14.2. The molecule has 232 valence electrons. The van der Waals surface area contributed by atoms with E-state index in [1.807, 2.05) is 26.8 Å². The number of piperazine rings is 1. The van der Waals surface area contributed by atoms with Gasteiger partial charge >= 0.3 is 0 Å². The summed E-state index contributed by atoms with van der Waals surface area (Å²) in [6.07, 6.45) is 1.48. The highest BCUT2D eigenvalue weighted by molar-refractivity contribution is 6.08. The number of likely N-dealkylation sites (N-methyl/N-ethyl adjacent to an activating group) is 1. The molecule has 0 aliphatic carbocycles. The molecule has 1 saturated heterocycles. The predicted molar refractivity (Wildman–Crippen MR) is 170 cm³/mol. The summed E-state index contributed by atoms with van der Waals surface area (Å²) < 4.78 is 15.8. The maximum Gasteiger partial charge on any atom is 0.256 e. The van der Waals surface area contributed by atoms with E-state index in [0.29, 0.717) is 12.1 Å². The Labute approximate surface area is 253 Å². The van der Waals surface area contributed by atoms with E-state index in [-0.39, 0.29) is 28.3 Å². The molecule has 0 unspecified atom stereocenters. The van der Waals surface area contributed by atoms with Gasteiger partial charge in [0.2, 0.25) is 12.8 Å². The molecule has 43 heavy (non-hydrogen) atoms. The standard InChI is InChI=1S/C24H25FN4O3.C6H12N2O.C2H6/c1-14-7-6-8-17(11-14)29(13-30)21-16(3)24(32)28(5)22(20(21)23(31)26-4)27-19-10-9-15(2)12-18(19)25;1-7-2-4-8(6-9)5-3-7;1-2/h6-13,27H,1-5H3,(H,26,31);6H,2-5H2,1H3;1-2H3. The molecule has 0 bridgehead atoms. The van der Waals surface area contributed by atoms with Crippen molar-refractivity contribution >= 4 is 41.6 Å². The number of nitrogens with zero attached hydrogens (tertiary/aromatic N) is 4. The molecule has 3 aromatic rings. The second kappa shape index (κ2) is 16.2. The number of carbonyl (C=O) groups excluding carboxylic acids is 3. The second-order valence-electron chi connectivity index (χ2n) is 10.0. The third-order valence-electron chi connectivity index (χ3n) is 6.93. The van der Waals surface area contributed by atoms with Crippen LogP contribution in [0.15, 0.2) is 47.3 Å². The van der Waals surface area contributed by atoms with Crippen molar-refractivity contribution < 1.29 is 18.8 Å². The van der Waals surface area contributed by atoms with Crippen LogP contribution in [0.5, 0.6) is 0 Å². The fourth-order valence-electron chi connectivity index (χ4n) is 4.51. The Morgan fingerprint density at radius 2 is 1.58 bits per heavy atom. The largest absolute Gasteiger partial charge is 0.355 e. The molecular weight excluding hydrogens is 551 g/mol. The van der Waals surface area contributed by atoms with Crippen LogP contribution in [0, 0.1) is 26.6 Å². The number of carbonyl (C=O) groups is 3. The average Bonchev–Trinajstić information content (AvgIpc) is 3.01. The van der Waals surface area contributed by atoms with Crippen molar-refractivity contribution in [2.24, 2.45) is 7.05 Å². The lowest BCUT2D eigenvalue weighted by atomic mass is 10.1. The number of hydrogen-bond donors (Lipinski definition) is 2. The van der Waals surface area contributed by atoms with Gasteiger partial charge in [-0.25, -0.2) is 4.39 Å². The van der Waals surface area contributed by atoms with E-state index < -0.39 is 17.3 Å². The molecule has 0 atom stereocenters. The molecule has 2 N–H and O–H groups in total. The van der Waals surface area contributed by atoms with E-state index in [0.717, 1.165) is 43.7 Å². The quantitative estimate of drug-likeness (QED) is 0.396. The van der Waals surface area contributed by atoms with Crippen LogP contribution in [-0.2, 0) is 16.6 Å². The number of pyridine rings is 1. The summed E-state index contributed by atoms with van der Waals surface area (Å²) in [4.78, 5) is 53.7. The minimum absolute atomic E-state index is 0.0423. The average molecular weight is 595 g/mol. The topological polar surface area (TPSA) is 107 Å². The van der Waals surface area contributed by atoms with Crippen LogP contribution in [-0.4, -0.2) is 73.4 Å². The van der Waals surface area contributed by atoms with E-state index in [9.17, 15) is 23.6 Å². The Balaban J connectivity index is 0.000000496. The van der Waals surface area contributed by atoms with E-state index in [1.165, 1.54) is 35.7 Å². The summed E-state index contributed by atoms with van der Waals surface area (Å²) in [5.74, 6) is -1.00. The summed E-state index contributed by atoms with van der Waals surface area (Å²) in [7, 11) is 5.00. The van der Waals surface area contributed by atoms with Gasteiger partial charge in [0, 0.05) is 51.5 Å². The summed E-state index contributed by atoms with van der Waals surface area (Å²) in [6.45, 7) is 13.0. The molecule has 2 aromatic carbocycles. The van der Waals surface area contributed by atoms with Crippen LogP contribution in [0.4, 0.5) is 27.3 Å². The van der Waals surface area contributed by atoms with Gasteiger partial charge < -0.3 is 20.4 Å². The first-order valence-electron chi connectivity index (χ1n) is 14.2. The molecule has 3 amide bonds. The fourth-order valence-corrected chi connectivity index (χ4v) is 4.51. The molecule has 2 heterocycles. The number of hydrogen-bond acceptors (Lipinski definition) is 6. The van der Waals surface area contributed by atoms with Gasteiger partial charge in [0.05, 0.1) is 11.4 Å². The Morgan fingerprint density at radius 1 is 0.953 bits per heavy atom. The smallest absolute Gasteiger partial charge is 0.256 e. The molecule has 1 aliphatic rings. The van der Waals surface area contributed by atoms with Crippen molar-refractivity contribution in [2.75, 3.05) is 50.5 Å². The molecule has 0 spiro atoms. The summed E-state index contributed by atoms with van der Waals surface area (Å²) in [6, 6.07) is 11.7. The monoisotopic (exact) mass is 594 g/mol. The van der Waals surface area contributed by atoms with E-state index in [4.69, 9.17) is 0 Å². The highest BCUT2D eigenvalue weighted by Gasteiger charge is 2.28. The van der Waals surface area contributed by atoms with Crippen molar-refractivity contribution in [1.82, 2.24) is 19.7 Å². The van der Waals surface area contributed by atoms with Crippen molar-refractivity contribution in [1.29, 1.82) is 0 Å². The van der Waals surface area contributed by atoms with Gasteiger partial charge in [0.1, 0.15) is 17.2 Å². The zero-order valence-corrected chi connectivity index (χ0v) is 26.3. The molecule has 10 nitrogen and oxygen atoms in total. The van der Waals surface area contributed by atoms with Crippen molar-refractivity contribution in [3.63, 3.8) is 0 Å². The number of amides is 3. The van der Waals surface area contributed by atoms with Crippen LogP contribution in [0.25, 0.3) is 0 Å². The molecule has 1 aliphatic heterocycles. The maximum atomic E-state index is 14.6. The SMILES string of the molecule is CC.CN1CCN(C=O)CC1.CNC(=O)c1c(N(C=O)c2cccc(C)c2)c(C)c(=O)n(C)c1Nc1ccc(C)cc1F. The van der Waals surface area contributed by atoms with Gasteiger partial charge in [-0.05, 0) is 63.2 Å². The molecular formula is C32H43FN6O4. The zero-order chi connectivity index (χ0) is 32.3. The molecule has 4 rings (SSSR count). The first kappa shape index (κ1) is 34.7. The normalized spacial score (nSPS) is 12.6. The van der Waals surface area contributed by atoms with E-state index in [1.54, 1.807) is 43.0 Å². The van der Waals surface area contributed by atoms with Crippen molar-refractivity contribution in [2.45, 2.75) is 34.6 Å². The molecule has 0 saturated carbocycles. The highest BCUT2D eigenvalue weighted by Crippen LogP contribution is 2.35. The summed E-state index contributed by atoms with van der Waals surface area (Å²) in [5, 5.41) is 5.44. The lowest BCUT2D eigenvalue weighted by Gasteiger charge is -2.29. The van der Waals surface area contributed by atoms with Gasteiger partial charge in [-0.15, -0.1) is 0 Å². The van der Waals surface area contributed by atoms with Crippen LogP contribution >= 0.6 is 0 Å². The number of rotatable bonds is 7. The van der Waals surface area contributed by atoms with Gasteiger partial charge in [0.15, 0.2) is 0 Å². The molecule has 1 aromatic heterocycles. The molecule has 11 heteroatoms. The number of benzene rings is 2. The van der Waals surface area contributed by atoms with Gasteiger partial charge in [0.25, 0.3) is 11.5 Å². The second-order valence-corrected chi connectivity index (χ2v) is 10.0. The van der Waals surface area contributed by atoms with Gasteiger partial charge in [-0.3, -0.25) is 28.6 Å². The lowest BCUT2D eigenvalue weighted by Crippen LogP contribution is -2.43. The van der Waals surface area contributed by atoms with Crippen LogP contribution in [0.2, 0.25) is 0 Å². The Kier molecular flexibility index (Phi) is 13.1. The Bertz CT molecular complexity index is 1480. The van der Waals surface area contributed by atoms with Crippen molar-refractivity contribution in [3.05, 3.63) is 80.9 Å². The van der Waals surface area contributed by atoms with E-state index >= 15 is 0 Å². The van der Waals surface area contributed by atoms with Gasteiger partial charge in [-0.1, -0.05) is 32.0 Å².